The Morgan fingerprint density at radius 3 is 2.11 bits per heavy atom. The summed E-state index contributed by atoms with van der Waals surface area (Å²) in [5.41, 5.74) is 0.860. The minimum Gasteiger partial charge on any atom is -0.453 e. The number of furan rings is 1. The fraction of sp³-hybridized carbons (Fsp3) is 0. The topological polar surface area (TPSA) is 13.1 Å². The van der Waals surface area contributed by atoms with Gasteiger partial charge in [-0.2, -0.15) is 0 Å². The maximum absolute atomic E-state index is 6.17. The quantitative estimate of drug-likeness (QED) is 0.408. The molecule has 0 radical (unpaired) electrons. The number of rotatable bonds is 0. The molecule has 0 atom stereocenters. The summed E-state index contributed by atoms with van der Waals surface area (Å²) in [5, 5.41) is 3.25. The van der Waals surface area contributed by atoms with Crippen molar-refractivity contribution in [1.82, 2.24) is 0 Å². The fourth-order valence-electron chi connectivity index (χ4n) is 1.85. The van der Waals surface area contributed by atoms with Gasteiger partial charge in [0.15, 0.2) is 11.2 Å². The Labute approximate surface area is 127 Å². The third-order valence-electron chi connectivity index (χ3n) is 2.65. The monoisotopic (exact) mass is 338 g/mol. The lowest BCUT2D eigenvalue weighted by Gasteiger charge is -1.98. The van der Waals surface area contributed by atoms with Gasteiger partial charge in [0.2, 0.25) is 0 Å². The van der Waals surface area contributed by atoms with Gasteiger partial charge in [0, 0.05) is 10.8 Å². The van der Waals surface area contributed by atoms with E-state index in [-0.39, 0.29) is 0 Å². The van der Waals surface area contributed by atoms with Gasteiger partial charge in [-0.15, -0.1) is 0 Å². The van der Waals surface area contributed by atoms with Crippen LogP contribution >= 0.6 is 58.0 Å². The van der Waals surface area contributed by atoms with Crippen LogP contribution in [0.1, 0.15) is 0 Å². The third-order valence-corrected chi connectivity index (χ3v) is 4.51. The van der Waals surface area contributed by atoms with Gasteiger partial charge in [-0.3, -0.25) is 0 Å². The Morgan fingerprint density at radius 1 is 0.722 bits per heavy atom. The molecule has 0 saturated heterocycles. The summed E-state index contributed by atoms with van der Waals surface area (Å²) in [6.45, 7) is 0. The Hall–Kier alpha value is -0.310. The lowest BCUT2D eigenvalue weighted by molar-refractivity contribution is 0.669. The summed E-state index contributed by atoms with van der Waals surface area (Å²) in [6.07, 6.45) is 0. The van der Waals surface area contributed by atoms with Gasteiger partial charge in [-0.1, -0.05) is 58.0 Å². The molecule has 0 unspecified atom stereocenters. The highest BCUT2D eigenvalue weighted by atomic mass is 35.5. The predicted molar refractivity (Wildman–Crippen MR) is 78.8 cm³/mol. The van der Waals surface area contributed by atoms with E-state index in [4.69, 9.17) is 62.4 Å². The summed E-state index contributed by atoms with van der Waals surface area (Å²) in [4.78, 5) is 0. The van der Waals surface area contributed by atoms with Gasteiger partial charge in [-0.05, 0) is 18.2 Å². The van der Waals surface area contributed by atoms with Crippen molar-refractivity contribution in [1.29, 1.82) is 0 Å². The number of hydrogen-bond donors (Lipinski definition) is 0. The Bertz CT molecular complexity index is 790. The molecule has 0 amide bonds. The van der Waals surface area contributed by atoms with Crippen molar-refractivity contribution < 1.29 is 4.42 Å². The van der Waals surface area contributed by atoms with Crippen molar-refractivity contribution in [2.24, 2.45) is 0 Å². The molecular formula is C12H3Cl5O. The zero-order chi connectivity index (χ0) is 13.0. The van der Waals surface area contributed by atoms with Crippen molar-refractivity contribution in [2.75, 3.05) is 0 Å². The first-order valence-electron chi connectivity index (χ1n) is 4.84. The lowest BCUT2D eigenvalue weighted by atomic mass is 10.1. The second kappa shape index (κ2) is 4.36. The maximum atomic E-state index is 6.17. The van der Waals surface area contributed by atoms with E-state index < -0.39 is 0 Å². The standard InChI is InChI=1S/C12H3Cl5O/c13-5-2-1-4-8-6(14)3-7(15)10(17)12(8)18-11(4)9(5)16/h1-3H. The Kier molecular flexibility index (Phi) is 3.08. The summed E-state index contributed by atoms with van der Waals surface area (Å²) in [7, 11) is 0. The third kappa shape index (κ3) is 1.70. The second-order valence-electron chi connectivity index (χ2n) is 3.70. The highest BCUT2D eigenvalue weighted by Crippen LogP contribution is 2.44. The maximum Gasteiger partial charge on any atom is 0.157 e. The zero-order valence-corrected chi connectivity index (χ0v) is 12.3. The van der Waals surface area contributed by atoms with Crippen LogP contribution in [0.3, 0.4) is 0 Å². The molecular weight excluding hydrogens is 337 g/mol. The normalized spacial score (nSPS) is 11.6. The first-order valence-corrected chi connectivity index (χ1v) is 6.73. The van der Waals surface area contributed by atoms with Gasteiger partial charge in [-0.25, -0.2) is 0 Å². The Balaban J connectivity index is 2.63. The number of hydrogen-bond acceptors (Lipinski definition) is 1. The highest BCUT2D eigenvalue weighted by Gasteiger charge is 2.18. The van der Waals surface area contributed by atoms with Crippen LogP contribution in [0.2, 0.25) is 25.1 Å². The van der Waals surface area contributed by atoms with E-state index in [0.717, 1.165) is 5.39 Å². The van der Waals surface area contributed by atoms with E-state index in [1.54, 1.807) is 18.2 Å². The van der Waals surface area contributed by atoms with Gasteiger partial charge in [0.25, 0.3) is 0 Å². The summed E-state index contributed by atoms with van der Waals surface area (Å²) in [5.74, 6) is 0. The smallest absolute Gasteiger partial charge is 0.157 e. The van der Waals surface area contributed by atoms with Crippen molar-refractivity contribution in [2.45, 2.75) is 0 Å². The number of fused-ring (bicyclic) bond motifs is 3. The lowest BCUT2D eigenvalue weighted by Crippen LogP contribution is -1.74. The van der Waals surface area contributed by atoms with E-state index in [1.165, 1.54) is 0 Å². The zero-order valence-electron chi connectivity index (χ0n) is 8.53. The first-order chi connectivity index (χ1) is 8.50. The van der Waals surface area contributed by atoms with Crippen molar-refractivity contribution in [3.63, 3.8) is 0 Å². The molecule has 0 aliphatic heterocycles. The minimum absolute atomic E-state index is 0.305. The Morgan fingerprint density at radius 2 is 1.39 bits per heavy atom. The molecule has 3 aromatic rings. The molecule has 0 aliphatic rings. The average Bonchev–Trinajstić information content (AvgIpc) is 2.72. The van der Waals surface area contributed by atoms with Crippen LogP contribution in [-0.4, -0.2) is 0 Å². The molecule has 0 N–H and O–H groups in total. The van der Waals surface area contributed by atoms with E-state index in [2.05, 4.69) is 0 Å². The van der Waals surface area contributed by atoms with Gasteiger partial charge >= 0.3 is 0 Å². The van der Waals surface area contributed by atoms with Gasteiger partial charge < -0.3 is 4.42 Å². The molecule has 1 nitrogen and oxygen atoms in total. The van der Waals surface area contributed by atoms with E-state index in [0.29, 0.717) is 41.7 Å². The number of halogens is 5. The molecule has 6 heteroatoms. The predicted octanol–water partition coefficient (Wildman–Crippen LogP) is 6.85. The van der Waals surface area contributed by atoms with Gasteiger partial charge in [0.05, 0.1) is 15.1 Å². The SMILES string of the molecule is Clc1ccc2c(oc3c(Cl)c(Cl)cc(Cl)c32)c1Cl. The van der Waals surface area contributed by atoms with Crippen LogP contribution in [0, 0.1) is 0 Å². The molecule has 0 fully saturated rings. The fourth-order valence-corrected chi connectivity index (χ4v) is 2.94. The summed E-state index contributed by atoms with van der Waals surface area (Å²) < 4.78 is 5.64. The molecule has 92 valence electrons. The van der Waals surface area contributed by atoms with Crippen LogP contribution in [0.15, 0.2) is 22.6 Å². The highest BCUT2D eigenvalue weighted by molar-refractivity contribution is 6.50. The number of benzene rings is 2. The van der Waals surface area contributed by atoms with Crippen LogP contribution in [0.4, 0.5) is 0 Å². The summed E-state index contributed by atoms with van der Waals surface area (Å²) in [6, 6.07) is 5.04. The van der Waals surface area contributed by atoms with E-state index in [9.17, 15) is 0 Å². The molecule has 0 saturated carbocycles. The van der Waals surface area contributed by atoms with E-state index in [1.807, 2.05) is 0 Å². The van der Waals surface area contributed by atoms with E-state index >= 15 is 0 Å². The van der Waals surface area contributed by atoms with Gasteiger partial charge in [0.1, 0.15) is 10.0 Å². The molecule has 18 heavy (non-hydrogen) atoms. The van der Waals surface area contributed by atoms with Crippen molar-refractivity contribution in [3.8, 4) is 0 Å². The average molecular weight is 340 g/mol. The molecule has 0 spiro atoms. The van der Waals surface area contributed by atoms with Crippen molar-refractivity contribution >= 4 is 79.9 Å². The summed E-state index contributed by atoms with van der Waals surface area (Å²) >= 11 is 30.3. The molecule has 3 rings (SSSR count). The molecule has 0 bridgehead atoms. The van der Waals surface area contributed by atoms with Crippen LogP contribution in [-0.2, 0) is 0 Å². The van der Waals surface area contributed by atoms with Crippen LogP contribution in [0.5, 0.6) is 0 Å². The molecule has 1 heterocycles. The molecule has 2 aromatic carbocycles. The second-order valence-corrected chi connectivity index (χ2v) is 5.68. The van der Waals surface area contributed by atoms with Crippen LogP contribution < -0.4 is 0 Å². The van der Waals surface area contributed by atoms with Crippen LogP contribution in [0.25, 0.3) is 21.9 Å². The molecule has 0 aliphatic carbocycles. The largest absolute Gasteiger partial charge is 0.453 e. The molecule has 1 aromatic heterocycles. The van der Waals surface area contributed by atoms with Crippen molar-refractivity contribution in [3.05, 3.63) is 43.3 Å². The minimum atomic E-state index is 0.305. The first kappa shape index (κ1) is 12.7.